The molecule has 1 aliphatic rings. The van der Waals surface area contributed by atoms with Crippen LogP contribution < -0.4 is 10.1 Å². The molecule has 1 heterocycles. The zero-order chi connectivity index (χ0) is 17.5. The fourth-order valence-corrected chi connectivity index (χ4v) is 2.77. The van der Waals surface area contributed by atoms with Crippen molar-refractivity contribution >= 4 is 11.8 Å². The number of benzene rings is 1. The highest BCUT2D eigenvalue weighted by Gasteiger charge is 2.28. The molecule has 1 saturated heterocycles. The molecule has 6 nitrogen and oxygen atoms in total. The van der Waals surface area contributed by atoms with Crippen molar-refractivity contribution in [3.8, 4) is 5.75 Å². The van der Waals surface area contributed by atoms with Crippen LogP contribution in [0.4, 0.5) is 0 Å². The van der Waals surface area contributed by atoms with Crippen molar-refractivity contribution in [2.45, 2.75) is 26.3 Å². The van der Waals surface area contributed by atoms with Crippen LogP contribution in [0.25, 0.3) is 0 Å². The molecular weight excluding hydrogens is 308 g/mol. The fourth-order valence-electron chi connectivity index (χ4n) is 2.77. The predicted octanol–water partition coefficient (Wildman–Crippen LogP) is 1.70. The van der Waals surface area contributed by atoms with Crippen molar-refractivity contribution in [3.05, 3.63) is 29.8 Å². The van der Waals surface area contributed by atoms with E-state index < -0.39 is 6.04 Å². The first-order valence-corrected chi connectivity index (χ1v) is 8.33. The number of carbonyl (C=O) groups excluding carboxylic acids is 2. The zero-order valence-electron chi connectivity index (χ0n) is 14.6. The van der Waals surface area contributed by atoms with E-state index in [1.165, 1.54) is 7.11 Å². The highest BCUT2D eigenvalue weighted by molar-refractivity contribution is 5.99. The summed E-state index contributed by atoms with van der Waals surface area (Å²) in [7, 11) is 1.52. The van der Waals surface area contributed by atoms with Gasteiger partial charge in [-0.1, -0.05) is 26.0 Å². The molecule has 2 rings (SSSR count). The van der Waals surface area contributed by atoms with E-state index in [0.29, 0.717) is 44.0 Å². The predicted molar refractivity (Wildman–Crippen MR) is 91.1 cm³/mol. The molecule has 24 heavy (non-hydrogen) atoms. The number of morpholine rings is 1. The molecule has 1 atom stereocenters. The largest absolute Gasteiger partial charge is 0.496 e. The minimum absolute atomic E-state index is 0.0461. The van der Waals surface area contributed by atoms with E-state index in [2.05, 4.69) is 5.32 Å². The maximum atomic E-state index is 12.8. The number of hydrogen-bond acceptors (Lipinski definition) is 4. The van der Waals surface area contributed by atoms with Gasteiger partial charge < -0.3 is 19.7 Å². The molecule has 0 saturated carbocycles. The second kappa shape index (κ2) is 8.68. The van der Waals surface area contributed by atoms with E-state index in [1.807, 2.05) is 13.8 Å². The third-order valence-corrected chi connectivity index (χ3v) is 3.98. The average molecular weight is 334 g/mol. The molecule has 1 aromatic carbocycles. The highest BCUT2D eigenvalue weighted by atomic mass is 16.5. The second-order valence-corrected chi connectivity index (χ2v) is 6.29. The summed E-state index contributed by atoms with van der Waals surface area (Å²) in [4.78, 5) is 27.2. The van der Waals surface area contributed by atoms with Crippen molar-refractivity contribution in [2.24, 2.45) is 5.92 Å². The van der Waals surface area contributed by atoms with E-state index in [9.17, 15) is 9.59 Å². The third-order valence-electron chi connectivity index (χ3n) is 3.98. The maximum absolute atomic E-state index is 12.8. The molecule has 1 fully saturated rings. The molecule has 132 valence electrons. The van der Waals surface area contributed by atoms with Gasteiger partial charge >= 0.3 is 0 Å². The van der Waals surface area contributed by atoms with Gasteiger partial charge in [-0.25, -0.2) is 0 Å². The Morgan fingerprint density at radius 1 is 1.25 bits per heavy atom. The zero-order valence-corrected chi connectivity index (χ0v) is 14.6. The van der Waals surface area contributed by atoms with Crippen LogP contribution in [-0.2, 0) is 9.53 Å². The summed E-state index contributed by atoms with van der Waals surface area (Å²) >= 11 is 0. The Bertz CT molecular complexity index is 568. The number of ether oxygens (including phenoxy) is 2. The van der Waals surface area contributed by atoms with Crippen LogP contribution in [0.5, 0.6) is 5.75 Å². The van der Waals surface area contributed by atoms with Gasteiger partial charge in [0.1, 0.15) is 11.8 Å². The molecule has 0 unspecified atom stereocenters. The summed E-state index contributed by atoms with van der Waals surface area (Å²) in [6, 6.07) is 6.47. The first-order chi connectivity index (χ1) is 11.5. The Kier molecular flexibility index (Phi) is 6.61. The van der Waals surface area contributed by atoms with Crippen molar-refractivity contribution < 1.29 is 19.1 Å². The number of hydrogen-bond donors (Lipinski definition) is 1. The van der Waals surface area contributed by atoms with Gasteiger partial charge in [-0.2, -0.15) is 0 Å². The Labute approximate surface area is 143 Å². The molecule has 2 amide bonds. The Balaban J connectivity index is 2.12. The Hall–Kier alpha value is -2.08. The van der Waals surface area contributed by atoms with Crippen molar-refractivity contribution in [1.29, 1.82) is 0 Å². The Morgan fingerprint density at radius 2 is 1.92 bits per heavy atom. The summed E-state index contributed by atoms with van der Waals surface area (Å²) in [5.74, 6) is 0.449. The van der Waals surface area contributed by atoms with Gasteiger partial charge in [0.15, 0.2) is 0 Å². The summed E-state index contributed by atoms with van der Waals surface area (Å²) in [6.45, 7) is 6.29. The maximum Gasteiger partial charge on any atom is 0.255 e. The molecular formula is C18H26N2O4. The van der Waals surface area contributed by atoms with E-state index >= 15 is 0 Å². The molecule has 0 spiro atoms. The van der Waals surface area contributed by atoms with E-state index in [0.717, 1.165) is 0 Å². The van der Waals surface area contributed by atoms with Gasteiger partial charge in [0, 0.05) is 13.1 Å². The standard InChI is InChI=1S/C18H26N2O4/c1-13(2)12-15(18(22)20-8-10-24-11-9-20)19-17(21)14-6-4-5-7-16(14)23-3/h4-7,13,15H,8-12H2,1-3H3,(H,19,21)/t15-/m1/s1. The minimum Gasteiger partial charge on any atom is -0.496 e. The van der Waals surface area contributed by atoms with Crippen LogP contribution in [0, 0.1) is 5.92 Å². The fraction of sp³-hybridized carbons (Fsp3) is 0.556. The minimum atomic E-state index is -0.541. The van der Waals surface area contributed by atoms with Gasteiger partial charge in [-0.3, -0.25) is 9.59 Å². The quantitative estimate of drug-likeness (QED) is 0.860. The Morgan fingerprint density at radius 3 is 2.54 bits per heavy atom. The molecule has 0 aromatic heterocycles. The van der Waals surface area contributed by atoms with Crippen LogP contribution in [0.15, 0.2) is 24.3 Å². The highest BCUT2D eigenvalue weighted by Crippen LogP contribution is 2.18. The van der Waals surface area contributed by atoms with Gasteiger partial charge in [0.05, 0.1) is 25.9 Å². The smallest absolute Gasteiger partial charge is 0.255 e. The van der Waals surface area contributed by atoms with Crippen molar-refractivity contribution in [3.63, 3.8) is 0 Å². The van der Waals surface area contributed by atoms with Crippen LogP contribution in [0.3, 0.4) is 0 Å². The molecule has 6 heteroatoms. The van der Waals surface area contributed by atoms with E-state index in [1.54, 1.807) is 29.2 Å². The van der Waals surface area contributed by atoms with Crippen LogP contribution in [0.2, 0.25) is 0 Å². The molecule has 0 radical (unpaired) electrons. The monoisotopic (exact) mass is 334 g/mol. The number of amides is 2. The van der Waals surface area contributed by atoms with Gasteiger partial charge in [-0.15, -0.1) is 0 Å². The van der Waals surface area contributed by atoms with E-state index in [4.69, 9.17) is 9.47 Å². The summed E-state index contributed by atoms with van der Waals surface area (Å²) < 4.78 is 10.5. The second-order valence-electron chi connectivity index (χ2n) is 6.29. The average Bonchev–Trinajstić information content (AvgIpc) is 2.60. The van der Waals surface area contributed by atoms with Crippen LogP contribution in [-0.4, -0.2) is 56.2 Å². The lowest BCUT2D eigenvalue weighted by Crippen LogP contribution is -2.52. The van der Waals surface area contributed by atoms with Gasteiger partial charge in [-0.05, 0) is 24.5 Å². The molecule has 0 bridgehead atoms. The summed E-state index contributed by atoms with van der Waals surface area (Å²) in [5.41, 5.74) is 0.434. The number of rotatable bonds is 6. The third kappa shape index (κ3) is 4.71. The van der Waals surface area contributed by atoms with Gasteiger partial charge in [0.25, 0.3) is 5.91 Å². The number of nitrogens with zero attached hydrogens (tertiary/aromatic N) is 1. The summed E-state index contributed by atoms with van der Waals surface area (Å²) in [6.07, 6.45) is 0.594. The summed E-state index contributed by atoms with van der Waals surface area (Å²) in [5, 5.41) is 2.89. The van der Waals surface area contributed by atoms with E-state index in [-0.39, 0.29) is 17.7 Å². The number of methoxy groups -OCH3 is 1. The topological polar surface area (TPSA) is 67.9 Å². The van der Waals surface area contributed by atoms with Gasteiger partial charge in [0.2, 0.25) is 5.91 Å². The normalized spacial score (nSPS) is 15.9. The molecule has 1 aliphatic heterocycles. The SMILES string of the molecule is COc1ccccc1C(=O)N[C@H](CC(C)C)C(=O)N1CCOCC1. The lowest BCUT2D eigenvalue weighted by molar-refractivity contribution is -0.137. The van der Waals surface area contributed by atoms with Crippen LogP contribution >= 0.6 is 0 Å². The van der Waals surface area contributed by atoms with Crippen LogP contribution in [0.1, 0.15) is 30.6 Å². The lowest BCUT2D eigenvalue weighted by atomic mass is 10.0. The number of carbonyl (C=O) groups is 2. The molecule has 0 aliphatic carbocycles. The first kappa shape index (κ1) is 18.3. The van der Waals surface area contributed by atoms with Crippen molar-refractivity contribution in [1.82, 2.24) is 10.2 Å². The molecule has 1 N–H and O–H groups in total. The lowest BCUT2D eigenvalue weighted by Gasteiger charge is -2.31. The molecule has 1 aromatic rings. The first-order valence-electron chi connectivity index (χ1n) is 8.33. The number of para-hydroxylation sites is 1. The number of nitrogens with one attached hydrogen (secondary N) is 1. The van der Waals surface area contributed by atoms with Crippen molar-refractivity contribution in [2.75, 3.05) is 33.4 Å².